The average Bonchev–Trinajstić information content (AvgIpc) is 2.74. The summed E-state index contributed by atoms with van der Waals surface area (Å²) in [6.07, 6.45) is 0. The van der Waals surface area contributed by atoms with Gasteiger partial charge in [-0.25, -0.2) is 4.68 Å². The lowest BCUT2D eigenvalue weighted by Gasteiger charge is -2.19. The number of carbonyl (C=O) groups is 1. The Kier molecular flexibility index (Phi) is 5.74. The van der Waals surface area contributed by atoms with Crippen molar-refractivity contribution < 1.29 is 9.53 Å². The van der Waals surface area contributed by atoms with Crippen LogP contribution in [0.3, 0.4) is 0 Å². The van der Waals surface area contributed by atoms with E-state index in [1.165, 1.54) is 11.8 Å². The second-order valence-corrected chi connectivity index (χ2v) is 6.20. The fourth-order valence-corrected chi connectivity index (χ4v) is 2.30. The van der Waals surface area contributed by atoms with Crippen molar-refractivity contribution in [2.75, 3.05) is 19.5 Å². The Morgan fingerprint density at radius 1 is 1.53 bits per heavy atom. The first-order chi connectivity index (χ1) is 8.84. The summed E-state index contributed by atoms with van der Waals surface area (Å²) >= 11 is 1.32. The number of thioether (sulfide) groups is 1. The maximum absolute atomic E-state index is 11.7. The third kappa shape index (κ3) is 5.15. The molecule has 0 saturated carbocycles. The van der Waals surface area contributed by atoms with Crippen LogP contribution >= 0.6 is 11.8 Å². The fourth-order valence-electron chi connectivity index (χ4n) is 1.43. The minimum Gasteiger partial charge on any atom is -0.383 e. The molecule has 8 heteroatoms. The van der Waals surface area contributed by atoms with E-state index in [4.69, 9.17) is 4.74 Å². The first-order valence-corrected chi connectivity index (χ1v) is 7.03. The molecule has 1 amide bonds. The molecule has 1 aromatic heterocycles. The topological polar surface area (TPSA) is 81.9 Å². The lowest BCUT2D eigenvalue weighted by atomic mass is 10.1. The highest BCUT2D eigenvalue weighted by molar-refractivity contribution is 7.99. The maximum Gasteiger partial charge on any atom is 0.230 e. The van der Waals surface area contributed by atoms with Crippen molar-refractivity contribution in [2.24, 2.45) is 0 Å². The summed E-state index contributed by atoms with van der Waals surface area (Å²) in [7, 11) is 1.61. The summed E-state index contributed by atoms with van der Waals surface area (Å²) < 4.78 is 6.67. The number of ether oxygens (including phenoxy) is 1. The first kappa shape index (κ1) is 15.9. The van der Waals surface area contributed by atoms with E-state index in [-0.39, 0.29) is 23.2 Å². The number of nitrogens with one attached hydrogen (secondary N) is 1. The number of hydrogen-bond donors (Lipinski definition) is 1. The quantitative estimate of drug-likeness (QED) is 0.775. The molecule has 0 bridgehead atoms. The lowest BCUT2D eigenvalue weighted by Crippen LogP contribution is -2.36. The number of aromatic nitrogens is 4. The molecule has 0 spiro atoms. The van der Waals surface area contributed by atoms with E-state index < -0.39 is 0 Å². The van der Waals surface area contributed by atoms with Gasteiger partial charge >= 0.3 is 0 Å². The third-order valence-corrected chi connectivity index (χ3v) is 3.15. The number of hydrogen-bond acceptors (Lipinski definition) is 6. The van der Waals surface area contributed by atoms with Crippen LogP contribution in [0.15, 0.2) is 5.16 Å². The van der Waals surface area contributed by atoms with Crippen molar-refractivity contribution in [1.82, 2.24) is 25.5 Å². The van der Waals surface area contributed by atoms with Gasteiger partial charge in [0.15, 0.2) is 0 Å². The highest BCUT2D eigenvalue weighted by Crippen LogP contribution is 2.20. The minimum absolute atomic E-state index is 0.00305. The van der Waals surface area contributed by atoms with Gasteiger partial charge in [0.2, 0.25) is 11.1 Å². The number of tetrazole rings is 1. The van der Waals surface area contributed by atoms with Gasteiger partial charge in [-0.05, 0) is 38.1 Å². The van der Waals surface area contributed by atoms with Crippen LogP contribution in [0.2, 0.25) is 0 Å². The molecule has 0 saturated heterocycles. The van der Waals surface area contributed by atoms with Crippen LogP contribution < -0.4 is 5.32 Å². The smallest absolute Gasteiger partial charge is 0.230 e. The Morgan fingerprint density at radius 2 is 2.21 bits per heavy atom. The third-order valence-electron chi connectivity index (χ3n) is 2.23. The van der Waals surface area contributed by atoms with Crippen LogP contribution in [-0.2, 0) is 15.1 Å². The van der Waals surface area contributed by atoms with E-state index in [1.54, 1.807) is 11.8 Å². The highest BCUT2D eigenvalue weighted by atomic mass is 32.2. The van der Waals surface area contributed by atoms with Gasteiger partial charge in [0.05, 0.1) is 17.9 Å². The van der Waals surface area contributed by atoms with E-state index >= 15 is 0 Å². The minimum atomic E-state index is -0.203. The monoisotopic (exact) mass is 287 g/mol. The summed E-state index contributed by atoms with van der Waals surface area (Å²) in [4.78, 5) is 11.7. The molecule has 0 aromatic carbocycles. The molecule has 0 aliphatic carbocycles. The predicted octanol–water partition coefficient (Wildman–Crippen LogP) is 0.671. The molecule has 108 valence electrons. The Hall–Kier alpha value is -1.15. The van der Waals surface area contributed by atoms with Crippen molar-refractivity contribution in [1.29, 1.82) is 0 Å². The van der Waals surface area contributed by atoms with E-state index in [0.29, 0.717) is 11.8 Å². The fraction of sp³-hybridized carbons (Fsp3) is 0.818. The van der Waals surface area contributed by atoms with Crippen molar-refractivity contribution in [3.05, 3.63) is 0 Å². The summed E-state index contributed by atoms with van der Waals surface area (Å²) in [5, 5.41) is 15.0. The number of nitrogens with zero attached hydrogens (tertiary/aromatic N) is 4. The molecule has 0 aliphatic heterocycles. The van der Waals surface area contributed by atoms with Gasteiger partial charge in [-0.1, -0.05) is 11.8 Å². The zero-order chi connectivity index (χ0) is 14.5. The summed E-state index contributed by atoms with van der Waals surface area (Å²) in [5.41, 5.74) is -0.203. The van der Waals surface area contributed by atoms with Gasteiger partial charge in [0.25, 0.3) is 0 Å². The SMILES string of the molecule is COCC(C)NC(=O)CSc1nnnn1C(C)(C)C. The van der Waals surface area contributed by atoms with Crippen LogP contribution in [0.5, 0.6) is 0 Å². The van der Waals surface area contributed by atoms with Gasteiger partial charge in [0.1, 0.15) is 0 Å². The zero-order valence-corrected chi connectivity index (χ0v) is 12.8. The van der Waals surface area contributed by atoms with Gasteiger partial charge in [-0.2, -0.15) is 0 Å². The molecule has 0 aliphatic rings. The summed E-state index contributed by atoms with van der Waals surface area (Å²) in [5.74, 6) is 0.225. The lowest BCUT2D eigenvalue weighted by molar-refractivity contribution is -0.119. The zero-order valence-electron chi connectivity index (χ0n) is 12.0. The molecule has 1 unspecified atom stereocenters. The Morgan fingerprint density at radius 3 is 2.79 bits per heavy atom. The number of methoxy groups -OCH3 is 1. The molecule has 1 heterocycles. The van der Waals surface area contributed by atoms with Gasteiger partial charge in [-0.3, -0.25) is 4.79 Å². The van der Waals surface area contributed by atoms with Crippen molar-refractivity contribution in [3.63, 3.8) is 0 Å². The molecule has 1 N–H and O–H groups in total. The average molecular weight is 287 g/mol. The van der Waals surface area contributed by atoms with Gasteiger partial charge < -0.3 is 10.1 Å². The normalized spacial score (nSPS) is 13.3. The number of carbonyl (C=O) groups excluding carboxylic acids is 1. The molecular weight excluding hydrogens is 266 g/mol. The first-order valence-electron chi connectivity index (χ1n) is 6.04. The molecular formula is C11H21N5O2S. The highest BCUT2D eigenvalue weighted by Gasteiger charge is 2.20. The second-order valence-electron chi connectivity index (χ2n) is 5.26. The van der Waals surface area contributed by atoms with Gasteiger partial charge in [0, 0.05) is 13.2 Å². The Bertz CT molecular complexity index is 415. The van der Waals surface area contributed by atoms with Crippen molar-refractivity contribution in [3.8, 4) is 0 Å². The van der Waals surface area contributed by atoms with E-state index in [0.717, 1.165) is 0 Å². The van der Waals surface area contributed by atoms with Crippen LogP contribution in [0.4, 0.5) is 0 Å². The van der Waals surface area contributed by atoms with E-state index in [1.807, 2.05) is 27.7 Å². The molecule has 1 atom stereocenters. The largest absolute Gasteiger partial charge is 0.383 e. The van der Waals surface area contributed by atoms with Crippen molar-refractivity contribution in [2.45, 2.75) is 44.4 Å². The van der Waals surface area contributed by atoms with Crippen LogP contribution in [0.1, 0.15) is 27.7 Å². The Balaban J connectivity index is 2.49. The number of rotatable bonds is 6. The van der Waals surface area contributed by atoms with E-state index in [9.17, 15) is 4.79 Å². The van der Waals surface area contributed by atoms with E-state index in [2.05, 4.69) is 20.8 Å². The Labute approximate surface area is 117 Å². The maximum atomic E-state index is 11.7. The summed E-state index contributed by atoms with van der Waals surface area (Å²) in [6, 6.07) is -0.00305. The molecule has 0 fully saturated rings. The van der Waals surface area contributed by atoms with Crippen molar-refractivity contribution >= 4 is 17.7 Å². The molecule has 1 aromatic rings. The second kappa shape index (κ2) is 6.85. The van der Waals surface area contributed by atoms with Crippen LogP contribution in [-0.4, -0.2) is 51.6 Å². The standard InChI is InChI=1S/C11H21N5O2S/c1-8(6-18-5)12-9(17)7-19-10-13-14-15-16(10)11(2,3)4/h8H,6-7H2,1-5H3,(H,12,17). The predicted molar refractivity (Wildman–Crippen MR) is 73.0 cm³/mol. The van der Waals surface area contributed by atoms with Crippen LogP contribution in [0.25, 0.3) is 0 Å². The number of amides is 1. The summed E-state index contributed by atoms with van der Waals surface area (Å²) in [6.45, 7) is 8.41. The molecule has 0 radical (unpaired) electrons. The van der Waals surface area contributed by atoms with Crippen LogP contribution in [0, 0.1) is 0 Å². The molecule has 1 rings (SSSR count). The van der Waals surface area contributed by atoms with Gasteiger partial charge in [-0.15, -0.1) is 5.10 Å². The molecule has 19 heavy (non-hydrogen) atoms. The molecule has 7 nitrogen and oxygen atoms in total.